The lowest BCUT2D eigenvalue weighted by molar-refractivity contribution is 0.669. The van der Waals surface area contributed by atoms with Crippen molar-refractivity contribution in [2.45, 2.75) is 0 Å². The first kappa shape index (κ1) is 36.1. The van der Waals surface area contributed by atoms with Gasteiger partial charge in [0, 0.05) is 64.3 Å². The Morgan fingerprint density at radius 3 is 1.82 bits per heavy atom. The minimum atomic E-state index is 0.553. The van der Waals surface area contributed by atoms with Gasteiger partial charge >= 0.3 is 0 Å². The van der Waals surface area contributed by atoms with E-state index >= 15 is 0 Å². The van der Waals surface area contributed by atoms with Crippen LogP contribution >= 0.6 is 11.3 Å². The molecule has 0 atom stereocenters. The number of nitrogens with zero attached hydrogens (tertiary/aromatic N) is 4. The molecule has 0 saturated heterocycles. The lowest BCUT2D eigenvalue weighted by atomic mass is 10.0. The summed E-state index contributed by atoms with van der Waals surface area (Å²) in [5, 5.41) is 11.5. The number of benzene rings is 10. The van der Waals surface area contributed by atoms with Crippen LogP contribution in [0, 0.1) is 0 Å². The molecule has 0 spiro atoms. The highest BCUT2D eigenvalue weighted by atomic mass is 32.1. The molecule has 0 fully saturated rings. The van der Waals surface area contributed by atoms with E-state index in [9.17, 15) is 0 Å². The third kappa shape index (κ3) is 5.54. The van der Waals surface area contributed by atoms with Crippen molar-refractivity contribution < 1.29 is 4.42 Å². The third-order valence-corrected chi connectivity index (χ3v) is 14.2. The molecule has 65 heavy (non-hydrogen) atoms. The number of hydrogen-bond donors (Lipinski definition) is 0. The smallest absolute Gasteiger partial charge is 0.167 e. The molecular weight excluding hydrogens is 813 g/mol. The van der Waals surface area contributed by atoms with Crippen molar-refractivity contribution in [3.8, 4) is 51.0 Å². The second-order valence-corrected chi connectivity index (χ2v) is 17.8. The Balaban J connectivity index is 1.02. The zero-order valence-corrected chi connectivity index (χ0v) is 35.6. The van der Waals surface area contributed by atoms with E-state index in [-0.39, 0.29) is 0 Å². The zero-order chi connectivity index (χ0) is 42.6. The van der Waals surface area contributed by atoms with Gasteiger partial charge in [-0.25, -0.2) is 15.0 Å². The summed E-state index contributed by atoms with van der Waals surface area (Å²) in [6.45, 7) is 0. The van der Waals surface area contributed by atoms with E-state index < -0.39 is 0 Å². The first-order valence-electron chi connectivity index (χ1n) is 21.8. The van der Waals surface area contributed by atoms with Crippen molar-refractivity contribution in [2.24, 2.45) is 0 Å². The number of thiophene rings is 1. The van der Waals surface area contributed by atoms with Gasteiger partial charge in [0.2, 0.25) is 0 Å². The van der Waals surface area contributed by atoms with E-state index in [1.807, 2.05) is 6.07 Å². The fourth-order valence-electron chi connectivity index (χ4n) is 10.1. The van der Waals surface area contributed by atoms with Crippen LogP contribution in [0.5, 0.6) is 0 Å². The van der Waals surface area contributed by atoms with Crippen LogP contribution in [0.15, 0.2) is 211 Å². The fraction of sp³-hybridized carbons (Fsp3) is 0. The maximum absolute atomic E-state index is 7.14. The van der Waals surface area contributed by atoms with Crippen molar-refractivity contribution >= 4 is 96.8 Å². The Morgan fingerprint density at radius 1 is 0.369 bits per heavy atom. The normalized spacial score (nSPS) is 12.0. The standard InChI is InChI=1S/C59H34N4OS/c1-2-14-35(15-3-1)36-28-30-37(31-29-36)57-60-58(45-23-13-27-53-55(45)43-21-9-11-26-52(43)65-53)62-59(61-57)46-24-12-22-44-54-42-20-7-6-18-40(42)50(34-51(54)64-56(44)46)63-48-25-10-8-19-41(48)47-32-38-16-4-5-17-39(38)33-49(47)63/h1-34H. The molecule has 0 aliphatic heterocycles. The Kier molecular flexibility index (Phi) is 7.79. The second-order valence-electron chi connectivity index (χ2n) is 16.7. The van der Waals surface area contributed by atoms with Gasteiger partial charge in [0.1, 0.15) is 11.2 Å². The zero-order valence-electron chi connectivity index (χ0n) is 34.7. The lowest BCUT2D eigenvalue weighted by Gasteiger charge is -2.13. The quantitative estimate of drug-likeness (QED) is 0.173. The van der Waals surface area contributed by atoms with Gasteiger partial charge in [-0.2, -0.15) is 0 Å². The summed E-state index contributed by atoms with van der Waals surface area (Å²) in [5.41, 5.74) is 9.87. The molecule has 0 bridgehead atoms. The van der Waals surface area contributed by atoms with E-state index in [1.165, 1.54) is 36.3 Å². The number of fused-ring (bicyclic) bond motifs is 12. The van der Waals surface area contributed by atoms with E-state index in [2.05, 4.69) is 205 Å². The highest BCUT2D eigenvalue weighted by molar-refractivity contribution is 7.25. The van der Waals surface area contributed by atoms with E-state index in [1.54, 1.807) is 11.3 Å². The van der Waals surface area contributed by atoms with Gasteiger partial charge in [-0.3, -0.25) is 0 Å². The first-order chi connectivity index (χ1) is 32.2. The number of para-hydroxylation sites is 2. The first-order valence-corrected chi connectivity index (χ1v) is 22.7. The predicted molar refractivity (Wildman–Crippen MR) is 271 cm³/mol. The third-order valence-electron chi connectivity index (χ3n) is 13.0. The van der Waals surface area contributed by atoms with Crippen molar-refractivity contribution in [1.82, 2.24) is 19.5 Å². The molecular formula is C59H34N4OS. The Hall–Kier alpha value is -8.45. The van der Waals surface area contributed by atoms with Gasteiger partial charge < -0.3 is 8.98 Å². The molecule has 0 aliphatic rings. The minimum Gasteiger partial charge on any atom is -0.455 e. The van der Waals surface area contributed by atoms with Crippen LogP contribution in [0.2, 0.25) is 0 Å². The molecule has 14 rings (SSSR count). The molecule has 4 heterocycles. The average molecular weight is 847 g/mol. The van der Waals surface area contributed by atoms with Crippen LogP contribution in [0.3, 0.4) is 0 Å². The molecule has 14 aromatic rings. The Labute approximate surface area is 376 Å². The van der Waals surface area contributed by atoms with Gasteiger partial charge in [-0.15, -0.1) is 11.3 Å². The molecule has 302 valence electrons. The van der Waals surface area contributed by atoms with Crippen LogP contribution in [0.1, 0.15) is 0 Å². The molecule has 5 nitrogen and oxygen atoms in total. The molecule has 4 aromatic heterocycles. The van der Waals surface area contributed by atoms with Gasteiger partial charge in [0.05, 0.1) is 22.3 Å². The maximum atomic E-state index is 7.14. The van der Waals surface area contributed by atoms with Crippen molar-refractivity contribution in [3.63, 3.8) is 0 Å². The number of aromatic nitrogens is 4. The topological polar surface area (TPSA) is 56.7 Å². The molecule has 0 aliphatic carbocycles. The lowest BCUT2D eigenvalue weighted by Crippen LogP contribution is -2.00. The molecule has 0 N–H and O–H groups in total. The van der Waals surface area contributed by atoms with Gasteiger partial charge in [0.15, 0.2) is 17.5 Å². The van der Waals surface area contributed by atoms with Gasteiger partial charge in [-0.1, -0.05) is 164 Å². The van der Waals surface area contributed by atoms with E-state index in [0.29, 0.717) is 17.5 Å². The molecule has 0 radical (unpaired) electrons. The van der Waals surface area contributed by atoms with Crippen molar-refractivity contribution in [3.05, 3.63) is 206 Å². The summed E-state index contributed by atoms with van der Waals surface area (Å²) < 4.78 is 12.0. The number of hydrogen-bond acceptors (Lipinski definition) is 5. The largest absolute Gasteiger partial charge is 0.455 e. The number of furan rings is 1. The summed E-state index contributed by atoms with van der Waals surface area (Å²) >= 11 is 1.79. The highest BCUT2D eigenvalue weighted by Crippen LogP contribution is 2.45. The van der Waals surface area contributed by atoms with Crippen LogP contribution in [0.4, 0.5) is 0 Å². The molecule has 6 heteroatoms. The fourth-order valence-corrected chi connectivity index (χ4v) is 11.2. The minimum absolute atomic E-state index is 0.553. The predicted octanol–water partition coefficient (Wildman–Crippen LogP) is 16.2. The Morgan fingerprint density at radius 2 is 0.969 bits per heavy atom. The maximum Gasteiger partial charge on any atom is 0.167 e. The number of rotatable bonds is 5. The van der Waals surface area contributed by atoms with Crippen molar-refractivity contribution in [2.75, 3.05) is 0 Å². The van der Waals surface area contributed by atoms with Crippen LogP contribution < -0.4 is 0 Å². The summed E-state index contributed by atoms with van der Waals surface area (Å²) in [7, 11) is 0. The van der Waals surface area contributed by atoms with Crippen molar-refractivity contribution in [1.29, 1.82) is 0 Å². The SMILES string of the molecule is c1ccc(-c2ccc(-c3nc(-c4cccc5c4oc4cc(-n6c7ccccc7c7cc8ccccc8cc76)c6ccccc6c45)nc(-c4cccc5sc6ccccc6c45)n3)cc2)cc1. The highest BCUT2D eigenvalue weighted by Gasteiger charge is 2.23. The summed E-state index contributed by atoms with van der Waals surface area (Å²) in [4.78, 5) is 15.9. The summed E-state index contributed by atoms with van der Waals surface area (Å²) in [5.74, 6) is 1.77. The molecule has 0 amide bonds. The van der Waals surface area contributed by atoms with Crippen LogP contribution in [-0.4, -0.2) is 19.5 Å². The van der Waals surface area contributed by atoms with Gasteiger partial charge in [-0.05, 0) is 63.7 Å². The summed E-state index contributed by atoms with van der Waals surface area (Å²) in [6, 6.07) is 73.2. The Bertz CT molecular complexity index is 4240. The van der Waals surface area contributed by atoms with E-state index in [0.717, 1.165) is 82.6 Å². The van der Waals surface area contributed by atoms with E-state index in [4.69, 9.17) is 19.4 Å². The van der Waals surface area contributed by atoms with Crippen LogP contribution in [0.25, 0.3) is 136 Å². The van der Waals surface area contributed by atoms with Crippen LogP contribution in [-0.2, 0) is 0 Å². The monoisotopic (exact) mass is 846 g/mol. The molecule has 0 unspecified atom stereocenters. The average Bonchev–Trinajstić information content (AvgIpc) is 4.05. The molecule has 10 aromatic carbocycles. The summed E-state index contributed by atoms with van der Waals surface area (Å²) in [6.07, 6.45) is 0. The molecule has 0 saturated carbocycles. The van der Waals surface area contributed by atoms with Gasteiger partial charge in [0.25, 0.3) is 0 Å². The second kappa shape index (κ2) is 14.0.